The van der Waals surface area contributed by atoms with Crippen molar-refractivity contribution in [2.24, 2.45) is 7.05 Å². The summed E-state index contributed by atoms with van der Waals surface area (Å²) < 4.78 is 6.06. The monoisotopic (exact) mass is 300 g/mol. The molecule has 0 atom stereocenters. The van der Waals surface area contributed by atoms with Crippen molar-refractivity contribution in [2.75, 3.05) is 17.3 Å². The summed E-state index contributed by atoms with van der Waals surface area (Å²) in [5.74, 6) is 0.600. The van der Waals surface area contributed by atoms with Crippen molar-refractivity contribution in [3.63, 3.8) is 0 Å². The third-order valence-electron chi connectivity index (χ3n) is 2.97. The lowest BCUT2D eigenvalue weighted by Gasteiger charge is -2.14. The molecule has 7 heteroatoms. The summed E-state index contributed by atoms with van der Waals surface area (Å²) in [6.07, 6.45) is 3.63. The van der Waals surface area contributed by atoms with Gasteiger partial charge in [0.2, 0.25) is 11.1 Å². The first-order valence-corrected chi connectivity index (χ1v) is 7.32. The van der Waals surface area contributed by atoms with Crippen LogP contribution < -0.4 is 10.2 Å². The molecule has 6 nitrogen and oxygen atoms in total. The van der Waals surface area contributed by atoms with Crippen LogP contribution in [0.15, 0.2) is 42.7 Å². The minimum absolute atomic E-state index is 0.600. The molecule has 0 spiro atoms. The van der Waals surface area contributed by atoms with E-state index in [0.717, 1.165) is 17.4 Å². The van der Waals surface area contributed by atoms with Crippen molar-refractivity contribution < 1.29 is 0 Å². The highest BCUT2D eigenvalue weighted by Gasteiger charge is 2.09. The number of benzene rings is 1. The molecule has 1 aromatic carbocycles. The summed E-state index contributed by atoms with van der Waals surface area (Å²) >= 11 is 1.38. The Labute approximate surface area is 127 Å². The van der Waals surface area contributed by atoms with Crippen molar-refractivity contribution in [1.82, 2.24) is 19.1 Å². The van der Waals surface area contributed by atoms with Gasteiger partial charge in [-0.25, -0.2) is 0 Å². The van der Waals surface area contributed by atoms with E-state index in [4.69, 9.17) is 0 Å². The van der Waals surface area contributed by atoms with Gasteiger partial charge in [-0.15, -0.1) is 0 Å². The van der Waals surface area contributed by atoms with E-state index >= 15 is 0 Å². The standard InChI is InChI=1S/C14H16N6S/c1-19(9-11-6-4-3-5-7-11)14-17-13(18-21-14)16-12-8-15-20(2)10-12/h3-8,10H,9H2,1-2H3,(H,16,18). The molecule has 0 fully saturated rings. The highest BCUT2D eigenvalue weighted by atomic mass is 32.1. The molecule has 0 aliphatic carbocycles. The Morgan fingerprint density at radius 2 is 2.10 bits per heavy atom. The Hall–Kier alpha value is -2.41. The molecule has 2 heterocycles. The minimum atomic E-state index is 0.600. The molecule has 2 aromatic heterocycles. The van der Waals surface area contributed by atoms with E-state index in [2.05, 4.69) is 36.8 Å². The fourth-order valence-electron chi connectivity index (χ4n) is 1.96. The van der Waals surface area contributed by atoms with E-state index < -0.39 is 0 Å². The smallest absolute Gasteiger partial charge is 0.241 e. The number of nitrogens with one attached hydrogen (secondary N) is 1. The lowest BCUT2D eigenvalue weighted by atomic mass is 10.2. The number of anilines is 3. The Morgan fingerprint density at radius 3 is 2.81 bits per heavy atom. The van der Waals surface area contributed by atoms with Crippen LogP contribution in [0.25, 0.3) is 0 Å². The maximum Gasteiger partial charge on any atom is 0.241 e. The van der Waals surface area contributed by atoms with Crippen LogP contribution in [0, 0.1) is 0 Å². The Bertz CT molecular complexity index is 705. The van der Waals surface area contributed by atoms with Gasteiger partial charge >= 0.3 is 0 Å². The number of hydrogen-bond acceptors (Lipinski definition) is 6. The van der Waals surface area contributed by atoms with Crippen LogP contribution in [0.3, 0.4) is 0 Å². The van der Waals surface area contributed by atoms with Gasteiger partial charge in [0, 0.05) is 38.4 Å². The lowest BCUT2D eigenvalue weighted by molar-refractivity contribution is 0.768. The van der Waals surface area contributed by atoms with Crippen molar-refractivity contribution in [3.8, 4) is 0 Å². The predicted molar refractivity (Wildman–Crippen MR) is 84.9 cm³/mol. The third kappa shape index (κ3) is 3.38. The van der Waals surface area contributed by atoms with E-state index in [1.165, 1.54) is 17.1 Å². The summed E-state index contributed by atoms with van der Waals surface area (Å²) in [7, 11) is 3.89. The quantitative estimate of drug-likeness (QED) is 0.785. The van der Waals surface area contributed by atoms with Gasteiger partial charge in [0.15, 0.2) is 0 Å². The molecule has 0 amide bonds. The molecule has 0 unspecified atom stereocenters. The highest BCUT2D eigenvalue weighted by molar-refractivity contribution is 7.09. The van der Waals surface area contributed by atoms with Gasteiger partial charge in [0.1, 0.15) is 0 Å². The van der Waals surface area contributed by atoms with Crippen LogP contribution >= 0.6 is 11.5 Å². The Kier molecular flexibility index (Phi) is 3.83. The number of rotatable bonds is 5. The topological polar surface area (TPSA) is 58.9 Å². The van der Waals surface area contributed by atoms with Crippen molar-refractivity contribution in [2.45, 2.75) is 6.54 Å². The zero-order valence-electron chi connectivity index (χ0n) is 11.9. The molecule has 0 aliphatic rings. The predicted octanol–water partition coefficient (Wildman–Crippen LogP) is 2.65. The molecule has 0 saturated heterocycles. The fourth-order valence-corrected chi connectivity index (χ4v) is 2.55. The second kappa shape index (κ2) is 5.92. The molecule has 21 heavy (non-hydrogen) atoms. The molecule has 1 N–H and O–H groups in total. The maximum atomic E-state index is 4.50. The van der Waals surface area contributed by atoms with Crippen LogP contribution in [0.5, 0.6) is 0 Å². The fraction of sp³-hybridized carbons (Fsp3) is 0.214. The van der Waals surface area contributed by atoms with Gasteiger partial charge in [0.25, 0.3) is 0 Å². The van der Waals surface area contributed by atoms with E-state index in [-0.39, 0.29) is 0 Å². The first kappa shape index (κ1) is 13.6. The highest BCUT2D eigenvalue weighted by Crippen LogP contribution is 2.22. The second-order valence-corrected chi connectivity index (χ2v) is 5.50. The average molecular weight is 300 g/mol. The lowest BCUT2D eigenvalue weighted by Crippen LogP contribution is -2.15. The maximum absolute atomic E-state index is 4.50. The molecule has 3 aromatic rings. The molecule has 0 radical (unpaired) electrons. The number of aromatic nitrogens is 4. The zero-order chi connectivity index (χ0) is 14.7. The summed E-state index contributed by atoms with van der Waals surface area (Å²) in [5, 5.41) is 8.12. The van der Waals surface area contributed by atoms with Crippen LogP contribution in [-0.4, -0.2) is 26.2 Å². The summed E-state index contributed by atoms with van der Waals surface area (Å²) in [4.78, 5) is 6.58. The molecule has 0 saturated carbocycles. The van der Waals surface area contributed by atoms with Gasteiger partial charge in [-0.1, -0.05) is 30.3 Å². The van der Waals surface area contributed by atoms with Crippen LogP contribution in [0.4, 0.5) is 16.8 Å². The van der Waals surface area contributed by atoms with E-state index in [1.807, 2.05) is 38.5 Å². The Morgan fingerprint density at radius 1 is 1.29 bits per heavy atom. The first-order valence-electron chi connectivity index (χ1n) is 6.55. The summed E-state index contributed by atoms with van der Waals surface area (Å²) in [5.41, 5.74) is 2.13. The number of nitrogens with zero attached hydrogens (tertiary/aromatic N) is 5. The summed E-state index contributed by atoms with van der Waals surface area (Å²) in [6.45, 7) is 0.808. The molecule has 0 aliphatic heterocycles. The van der Waals surface area contributed by atoms with E-state index in [0.29, 0.717) is 5.95 Å². The number of hydrogen-bond donors (Lipinski definition) is 1. The second-order valence-electron chi connectivity index (χ2n) is 4.77. The van der Waals surface area contributed by atoms with Crippen molar-refractivity contribution in [1.29, 1.82) is 0 Å². The molecular formula is C14H16N6S. The van der Waals surface area contributed by atoms with Crippen LogP contribution in [-0.2, 0) is 13.6 Å². The van der Waals surface area contributed by atoms with Gasteiger partial charge in [0.05, 0.1) is 11.9 Å². The van der Waals surface area contributed by atoms with Gasteiger partial charge in [-0.2, -0.15) is 14.5 Å². The summed E-state index contributed by atoms with van der Waals surface area (Å²) in [6, 6.07) is 10.3. The molecule has 0 bridgehead atoms. The van der Waals surface area contributed by atoms with Crippen molar-refractivity contribution in [3.05, 3.63) is 48.3 Å². The van der Waals surface area contributed by atoms with Gasteiger partial charge in [-0.3, -0.25) is 4.68 Å². The Balaban J connectivity index is 1.66. The molecule has 3 rings (SSSR count). The van der Waals surface area contributed by atoms with Crippen molar-refractivity contribution >= 4 is 28.3 Å². The molecule has 108 valence electrons. The van der Waals surface area contributed by atoms with E-state index in [9.17, 15) is 0 Å². The van der Waals surface area contributed by atoms with Gasteiger partial charge < -0.3 is 10.2 Å². The minimum Gasteiger partial charge on any atom is -0.346 e. The first-order chi connectivity index (χ1) is 10.2. The average Bonchev–Trinajstić information content (AvgIpc) is 3.10. The number of aryl methyl sites for hydroxylation is 1. The SMILES string of the molecule is CN(Cc1ccccc1)c1nc(Nc2cnn(C)c2)ns1. The van der Waals surface area contributed by atoms with E-state index in [1.54, 1.807) is 10.9 Å². The third-order valence-corrected chi connectivity index (χ3v) is 3.80. The normalized spacial score (nSPS) is 10.6. The van der Waals surface area contributed by atoms with Gasteiger partial charge in [-0.05, 0) is 5.56 Å². The van der Waals surface area contributed by atoms with Crippen LogP contribution in [0.1, 0.15) is 5.56 Å². The molecular weight excluding hydrogens is 284 g/mol. The van der Waals surface area contributed by atoms with Crippen LogP contribution in [0.2, 0.25) is 0 Å². The zero-order valence-corrected chi connectivity index (χ0v) is 12.7. The largest absolute Gasteiger partial charge is 0.346 e.